The number of fused-ring (bicyclic) bond motifs is 1. The van der Waals surface area contributed by atoms with Gasteiger partial charge in [0.1, 0.15) is 18.2 Å². The molecule has 0 saturated heterocycles. The zero-order valence-corrected chi connectivity index (χ0v) is 21.9. The van der Waals surface area contributed by atoms with Gasteiger partial charge in [0, 0.05) is 46.2 Å². The number of nitrogens with one attached hydrogen (secondary N) is 1. The van der Waals surface area contributed by atoms with Crippen LogP contribution >= 0.6 is 11.6 Å². The number of benzene rings is 3. The summed E-state index contributed by atoms with van der Waals surface area (Å²) >= 11 is 6.19. The van der Waals surface area contributed by atoms with Crippen molar-refractivity contribution in [1.29, 1.82) is 0 Å². The third-order valence-electron chi connectivity index (χ3n) is 5.89. The summed E-state index contributed by atoms with van der Waals surface area (Å²) in [6.45, 7) is 3.83. The zero-order valence-electron chi connectivity index (χ0n) is 21.1. The molecule has 6 nitrogen and oxygen atoms in total. The molecule has 188 valence electrons. The fraction of sp³-hybridized carbons (Fsp3) is 0.200. The van der Waals surface area contributed by atoms with E-state index in [-0.39, 0.29) is 5.91 Å². The number of carbonyl (C=O) groups is 1. The highest BCUT2D eigenvalue weighted by molar-refractivity contribution is 6.31. The Morgan fingerprint density at radius 2 is 1.86 bits per heavy atom. The van der Waals surface area contributed by atoms with Gasteiger partial charge in [0.15, 0.2) is 0 Å². The van der Waals surface area contributed by atoms with Crippen molar-refractivity contribution in [1.82, 2.24) is 15.2 Å². The minimum atomic E-state index is -0.174. The lowest BCUT2D eigenvalue weighted by Gasteiger charge is -2.11. The quantitative estimate of drug-likeness (QED) is 0.339. The number of hydrogen-bond acceptors (Lipinski definition) is 5. The van der Waals surface area contributed by atoms with Crippen LogP contribution in [0.25, 0.3) is 10.8 Å². The number of anilines is 1. The lowest BCUT2D eigenvalue weighted by atomic mass is 10.0. The summed E-state index contributed by atoms with van der Waals surface area (Å²) in [5.74, 6) is 7.29. The van der Waals surface area contributed by atoms with Crippen LogP contribution < -0.4 is 15.8 Å². The Kier molecular flexibility index (Phi) is 8.29. The molecular weight excluding hydrogens is 484 g/mol. The maximum absolute atomic E-state index is 12.9. The van der Waals surface area contributed by atoms with Crippen molar-refractivity contribution < 1.29 is 9.53 Å². The van der Waals surface area contributed by atoms with E-state index in [2.05, 4.69) is 27.0 Å². The van der Waals surface area contributed by atoms with E-state index in [4.69, 9.17) is 22.1 Å². The number of pyridine rings is 1. The number of amides is 1. The fourth-order valence-electron chi connectivity index (χ4n) is 3.69. The Labute approximate surface area is 222 Å². The number of likely N-dealkylation sites (N-methyl/N-ethyl adjacent to an activating group) is 1. The molecule has 1 aromatic heterocycles. The second-order valence-corrected chi connectivity index (χ2v) is 9.44. The first-order chi connectivity index (χ1) is 17.8. The van der Waals surface area contributed by atoms with E-state index in [1.807, 2.05) is 63.5 Å². The number of aryl methyl sites for hydroxylation is 1. The van der Waals surface area contributed by atoms with Crippen molar-refractivity contribution in [3.05, 3.63) is 99.7 Å². The Morgan fingerprint density at radius 1 is 1.08 bits per heavy atom. The molecule has 4 aromatic rings. The summed E-state index contributed by atoms with van der Waals surface area (Å²) in [5.41, 5.74) is 9.96. The van der Waals surface area contributed by atoms with Crippen LogP contribution in [-0.4, -0.2) is 43.0 Å². The molecule has 0 bridgehead atoms. The topological polar surface area (TPSA) is 80.5 Å². The van der Waals surface area contributed by atoms with Crippen LogP contribution in [0.4, 0.5) is 5.82 Å². The summed E-state index contributed by atoms with van der Waals surface area (Å²) < 4.78 is 5.72. The highest BCUT2D eigenvalue weighted by atomic mass is 35.5. The predicted molar refractivity (Wildman–Crippen MR) is 150 cm³/mol. The van der Waals surface area contributed by atoms with Crippen LogP contribution in [0, 0.1) is 18.8 Å². The van der Waals surface area contributed by atoms with Crippen LogP contribution in [0.2, 0.25) is 5.02 Å². The van der Waals surface area contributed by atoms with Gasteiger partial charge >= 0.3 is 0 Å². The number of hydrogen-bond donors (Lipinski definition) is 2. The van der Waals surface area contributed by atoms with E-state index in [9.17, 15) is 4.79 Å². The molecule has 0 atom stereocenters. The van der Waals surface area contributed by atoms with Crippen molar-refractivity contribution in [2.75, 3.05) is 33.0 Å². The maximum Gasteiger partial charge on any atom is 0.251 e. The number of nitrogen functional groups attached to an aromatic ring is 1. The highest BCUT2D eigenvalue weighted by Crippen LogP contribution is 2.25. The second-order valence-electron chi connectivity index (χ2n) is 9.01. The minimum absolute atomic E-state index is 0.174. The molecule has 3 aromatic carbocycles. The molecule has 0 aliphatic heterocycles. The largest absolute Gasteiger partial charge is 0.492 e. The Balaban J connectivity index is 1.46. The van der Waals surface area contributed by atoms with Gasteiger partial charge in [-0.2, -0.15) is 0 Å². The lowest BCUT2D eigenvalue weighted by molar-refractivity contribution is 0.0951. The summed E-state index contributed by atoms with van der Waals surface area (Å²) in [7, 11) is 4.01. The van der Waals surface area contributed by atoms with Crippen LogP contribution in [0.3, 0.4) is 0 Å². The molecule has 7 heteroatoms. The number of halogens is 1. The Hall–Kier alpha value is -4.05. The van der Waals surface area contributed by atoms with Gasteiger partial charge in [-0.3, -0.25) is 4.79 Å². The predicted octanol–water partition coefficient (Wildman–Crippen LogP) is 5.05. The van der Waals surface area contributed by atoms with E-state index in [1.54, 1.807) is 24.4 Å². The van der Waals surface area contributed by atoms with Crippen LogP contribution in [0.1, 0.15) is 32.6 Å². The smallest absolute Gasteiger partial charge is 0.251 e. The van der Waals surface area contributed by atoms with Gasteiger partial charge in [-0.05, 0) is 68.5 Å². The van der Waals surface area contributed by atoms with Crippen LogP contribution in [0.5, 0.6) is 5.75 Å². The number of rotatable bonds is 7. The number of nitrogens with zero attached hydrogens (tertiary/aromatic N) is 2. The normalized spacial score (nSPS) is 10.7. The average Bonchev–Trinajstić information content (AvgIpc) is 2.88. The molecule has 37 heavy (non-hydrogen) atoms. The van der Waals surface area contributed by atoms with Crippen molar-refractivity contribution in [3.8, 4) is 17.6 Å². The van der Waals surface area contributed by atoms with Crippen molar-refractivity contribution >= 4 is 34.1 Å². The van der Waals surface area contributed by atoms with Crippen LogP contribution in [-0.2, 0) is 6.54 Å². The van der Waals surface area contributed by atoms with Gasteiger partial charge in [-0.1, -0.05) is 47.7 Å². The number of aromatic nitrogens is 1. The van der Waals surface area contributed by atoms with Crippen molar-refractivity contribution in [3.63, 3.8) is 0 Å². The molecular formula is C30H29ClN4O2. The monoisotopic (exact) mass is 512 g/mol. The lowest BCUT2D eigenvalue weighted by Crippen LogP contribution is -2.23. The molecule has 0 spiro atoms. The summed E-state index contributed by atoms with van der Waals surface area (Å²) in [6.07, 6.45) is 1.70. The minimum Gasteiger partial charge on any atom is -0.492 e. The summed E-state index contributed by atoms with van der Waals surface area (Å²) in [4.78, 5) is 19.2. The molecule has 3 N–H and O–H groups in total. The average molecular weight is 513 g/mol. The number of nitrogens with two attached hydrogens (primary N) is 1. The molecule has 0 saturated carbocycles. The molecule has 1 heterocycles. The van der Waals surface area contributed by atoms with Gasteiger partial charge in [-0.25, -0.2) is 4.98 Å². The van der Waals surface area contributed by atoms with Crippen LogP contribution in [0.15, 0.2) is 66.9 Å². The molecule has 0 radical (unpaired) electrons. The van der Waals surface area contributed by atoms with E-state index in [0.717, 1.165) is 39.8 Å². The molecule has 0 fully saturated rings. The zero-order chi connectivity index (χ0) is 26.4. The Morgan fingerprint density at radius 3 is 2.62 bits per heavy atom. The maximum atomic E-state index is 12.9. The molecule has 0 aliphatic carbocycles. The van der Waals surface area contributed by atoms with Gasteiger partial charge in [-0.15, -0.1) is 0 Å². The molecule has 1 amide bonds. The Bertz CT molecular complexity index is 1480. The molecule has 0 aliphatic rings. The van der Waals surface area contributed by atoms with E-state index in [1.165, 1.54) is 0 Å². The van der Waals surface area contributed by atoms with E-state index in [0.29, 0.717) is 35.1 Å². The first kappa shape index (κ1) is 26.0. The molecule has 4 rings (SSSR count). The van der Waals surface area contributed by atoms with Gasteiger partial charge in [0.25, 0.3) is 5.91 Å². The summed E-state index contributed by atoms with van der Waals surface area (Å²) in [5, 5.41) is 5.32. The number of carbonyl (C=O) groups excluding carboxylic acids is 1. The third-order valence-corrected chi connectivity index (χ3v) is 6.12. The van der Waals surface area contributed by atoms with Gasteiger partial charge in [0.2, 0.25) is 0 Å². The third kappa shape index (κ3) is 6.79. The van der Waals surface area contributed by atoms with Crippen molar-refractivity contribution in [2.45, 2.75) is 13.5 Å². The standard InChI is InChI=1S/C30H29ClN4O2/c1-20-4-7-23(30(36)34-18-21-5-11-26(12-6-21)37-15-14-35(2)3)16-22(20)9-13-27-28-17-25(31)10-8-24(28)19-33-29(27)32/h4-8,10-12,16-17,19H,14-15,18H2,1-3H3,(H2,32,33)(H,34,36). The van der Waals surface area contributed by atoms with E-state index >= 15 is 0 Å². The van der Waals surface area contributed by atoms with Gasteiger partial charge < -0.3 is 20.7 Å². The number of ether oxygens (including phenoxy) is 1. The van der Waals surface area contributed by atoms with Gasteiger partial charge in [0.05, 0.1) is 5.56 Å². The molecule has 0 unspecified atom stereocenters. The summed E-state index contributed by atoms with van der Waals surface area (Å²) in [6, 6.07) is 18.7. The second kappa shape index (κ2) is 11.8. The SMILES string of the molecule is Cc1ccc(C(=O)NCc2ccc(OCCN(C)C)cc2)cc1C#Cc1c(N)ncc2ccc(Cl)cc12. The highest BCUT2D eigenvalue weighted by Gasteiger charge is 2.09. The van der Waals surface area contributed by atoms with Crippen molar-refractivity contribution in [2.24, 2.45) is 0 Å². The fourth-order valence-corrected chi connectivity index (χ4v) is 3.86. The first-order valence-corrected chi connectivity index (χ1v) is 12.3. The first-order valence-electron chi connectivity index (χ1n) is 11.9. The van der Waals surface area contributed by atoms with E-state index < -0.39 is 0 Å².